The van der Waals surface area contributed by atoms with Crippen LogP contribution in [0.2, 0.25) is 0 Å². The number of piperazine rings is 1. The zero-order valence-electron chi connectivity index (χ0n) is 18.6. The molecule has 3 heterocycles. The molecule has 0 unspecified atom stereocenters. The number of carbonyl (C=O) groups is 2. The summed E-state index contributed by atoms with van der Waals surface area (Å²) in [5.74, 6) is 0.205. The first-order valence-corrected chi connectivity index (χ1v) is 11.0. The number of nitrogens with one attached hydrogen (secondary N) is 1. The van der Waals surface area contributed by atoms with Gasteiger partial charge in [-0.1, -0.05) is 37.1 Å². The molecule has 1 amide bonds. The van der Waals surface area contributed by atoms with Gasteiger partial charge in [-0.15, -0.1) is 0 Å². The number of benzene rings is 1. The van der Waals surface area contributed by atoms with Crippen LogP contribution in [0, 0.1) is 5.41 Å². The molecule has 1 aliphatic heterocycles. The monoisotopic (exact) mass is 447 g/mol. The van der Waals surface area contributed by atoms with Gasteiger partial charge in [0, 0.05) is 43.9 Å². The van der Waals surface area contributed by atoms with Crippen molar-refractivity contribution in [2.75, 3.05) is 31.1 Å². The molecule has 0 spiro atoms. The van der Waals surface area contributed by atoms with E-state index < -0.39 is 5.56 Å². The number of tetrazole rings is 1. The lowest BCUT2D eigenvalue weighted by Gasteiger charge is -2.35. The number of para-hydroxylation sites is 1. The first kappa shape index (κ1) is 21.0. The molecule has 0 atom stereocenters. The Hall–Kier alpha value is -3.82. The highest BCUT2D eigenvalue weighted by atomic mass is 16.2. The number of H-pyrrole nitrogens is 1. The summed E-state index contributed by atoms with van der Waals surface area (Å²) in [5.41, 5.74) is 1.30. The quantitative estimate of drug-likeness (QED) is 0.646. The SMILES string of the molecule is CC1(C)CC(=O)c2cc(C(=O)N3CCN(c4nnnn4-c4ccccc4)CC3)c(=O)[nH]c2C1. The lowest BCUT2D eigenvalue weighted by molar-refractivity contribution is 0.0744. The van der Waals surface area contributed by atoms with Gasteiger partial charge in [0.15, 0.2) is 5.78 Å². The molecule has 10 heteroatoms. The van der Waals surface area contributed by atoms with Crippen LogP contribution < -0.4 is 10.5 Å². The minimum absolute atomic E-state index is 0.0179. The van der Waals surface area contributed by atoms with Gasteiger partial charge in [-0.05, 0) is 40.5 Å². The number of aromatic amines is 1. The molecule has 1 aliphatic carbocycles. The van der Waals surface area contributed by atoms with Crippen LogP contribution in [0.25, 0.3) is 5.69 Å². The Bertz CT molecular complexity index is 1270. The standard InChI is InChI=1S/C23H25N7O3/c1-23(2)13-18-16(19(31)14-23)12-17(20(32)24-18)21(33)28-8-10-29(11-9-28)22-25-26-27-30(22)15-6-4-3-5-7-15/h3-7,12H,8-11,13-14H2,1-2H3,(H,24,32). The Kier molecular flexibility index (Phi) is 5.07. The Morgan fingerprint density at radius 3 is 2.48 bits per heavy atom. The molecule has 2 aliphatic rings. The van der Waals surface area contributed by atoms with Gasteiger partial charge < -0.3 is 14.8 Å². The Morgan fingerprint density at radius 1 is 1.03 bits per heavy atom. The average Bonchev–Trinajstić information content (AvgIpc) is 3.28. The number of Topliss-reactive ketones (excluding diaryl/α,β-unsaturated/α-hetero) is 1. The number of fused-ring (bicyclic) bond motifs is 1. The number of amides is 1. The van der Waals surface area contributed by atoms with Gasteiger partial charge in [-0.3, -0.25) is 14.4 Å². The Balaban J connectivity index is 1.33. The van der Waals surface area contributed by atoms with E-state index in [1.807, 2.05) is 49.1 Å². The van der Waals surface area contributed by atoms with Crippen molar-refractivity contribution in [2.45, 2.75) is 26.7 Å². The molecule has 5 rings (SSSR count). The molecule has 0 bridgehead atoms. The van der Waals surface area contributed by atoms with E-state index in [2.05, 4.69) is 20.5 Å². The highest BCUT2D eigenvalue weighted by Crippen LogP contribution is 2.33. The van der Waals surface area contributed by atoms with E-state index in [4.69, 9.17) is 0 Å². The minimum Gasteiger partial charge on any atom is -0.336 e. The molecule has 1 fully saturated rings. The van der Waals surface area contributed by atoms with Crippen molar-refractivity contribution in [3.05, 3.63) is 63.6 Å². The van der Waals surface area contributed by atoms with Crippen molar-refractivity contribution >= 4 is 17.6 Å². The fourth-order valence-corrected chi connectivity index (χ4v) is 4.58. The predicted molar refractivity (Wildman–Crippen MR) is 121 cm³/mol. The lowest BCUT2D eigenvalue weighted by Crippen LogP contribution is -2.50. The van der Waals surface area contributed by atoms with Crippen LogP contribution in [0.15, 0.2) is 41.2 Å². The summed E-state index contributed by atoms with van der Waals surface area (Å²) in [7, 11) is 0. The summed E-state index contributed by atoms with van der Waals surface area (Å²) < 4.78 is 1.67. The van der Waals surface area contributed by atoms with E-state index in [1.165, 1.54) is 6.07 Å². The van der Waals surface area contributed by atoms with E-state index >= 15 is 0 Å². The van der Waals surface area contributed by atoms with Gasteiger partial charge in [0.05, 0.1) is 5.69 Å². The second kappa shape index (κ2) is 7.95. The van der Waals surface area contributed by atoms with Crippen molar-refractivity contribution in [2.24, 2.45) is 5.41 Å². The van der Waals surface area contributed by atoms with Gasteiger partial charge in [0.1, 0.15) is 5.56 Å². The highest BCUT2D eigenvalue weighted by molar-refractivity contribution is 6.02. The van der Waals surface area contributed by atoms with Crippen molar-refractivity contribution in [3.63, 3.8) is 0 Å². The van der Waals surface area contributed by atoms with Crippen molar-refractivity contribution in [1.29, 1.82) is 0 Å². The lowest BCUT2D eigenvalue weighted by atomic mass is 9.75. The second-order valence-corrected chi connectivity index (χ2v) is 9.35. The van der Waals surface area contributed by atoms with Crippen LogP contribution in [0.5, 0.6) is 0 Å². The maximum Gasteiger partial charge on any atom is 0.261 e. The maximum atomic E-state index is 13.2. The largest absolute Gasteiger partial charge is 0.336 e. The summed E-state index contributed by atoms with van der Waals surface area (Å²) in [6, 6.07) is 11.1. The van der Waals surface area contributed by atoms with Crippen molar-refractivity contribution in [1.82, 2.24) is 30.1 Å². The number of rotatable bonds is 3. The van der Waals surface area contributed by atoms with Crippen LogP contribution >= 0.6 is 0 Å². The van der Waals surface area contributed by atoms with Gasteiger partial charge in [0.2, 0.25) is 5.95 Å². The minimum atomic E-state index is -0.445. The molecule has 0 radical (unpaired) electrons. The van der Waals surface area contributed by atoms with Crippen LogP contribution in [0.1, 0.15) is 46.7 Å². The smallest absolute Gasteiger partial charge is 0.261 e. The third-order valence-electron chi connectivity index (χ3n) is 6.25. The van der Waals surface area contributed by atoms with E-state index in [9.17, 15) is 14.4 Å². The van der Waals surface area contributed by atoms with E-state index in [0.29, 0.717) is 56.2 Å². The number of nitrogens with zero attached hydrogens (tertiary/aromatic N) is 6. The van der Waals surface area contributed by atoms with Gasteiger partial charge in [-0.2, -0.15) is 4.68 Å². The number of ketones is 1. The van der Waals surface area contributed by atoms with Crippen LogP contribution in [0.4, 0.5) is 5.95 Å². The fourth-order valence-electron chi connectivity index (χ4n) is 4.58. The first-order valence-electron chi connectivity index (χ1n) is 11.0. The number of hydrogen-bond acceptors (Lipinski definition) is 7. The molecule has 0 saturated carbocycles. The molecule has 33 heavy (non-hydrogen) atoms. The summed E-state index contributed by atoms with van der Waals surface area (Å²) >= 11 is 0. The normalized spacial score (nSPS) is 17.7. The third kappa shape index (κ3) is 3.92. The molecule has 10 nitrogen and oxygen atoms in total. The van der Waals surface area contributed by atoms with Crippen LogP contribution in [0.3, 0.4) is 0 Å². The van der Waals surface area contributed by atoms with E-state index in [1.54, 1.807) is 9.58 Å². The second-order valence-electron chi connectivity index (χ2n) is 9.35. The number of pyridine rings is 1. The molecule has 1 N–H and O–H groups in total. The Labute approximate surface area is 190 Å². The zero-order chi connectivity index (χ0) is 23.2. The van der Waals surface area contributed by atoms with E-state index in [-0.39, 0.29) is 22.7 Å². The van der Waals surface area contributed by atoms with Crippen molar-refractivity contribution < 1.29 is 9.59 Å². The van der Waals surface area contributed by atoms with Gasteiger partial charge in [-0.25, -0.2) is 0 Å². The maximum absolute atomic E-state index is 13.2. The summed E-state index contributed by atoms with van der Waals surface area (Å²) in [5, 5.41) is 12.1. The van der Waals surface area contributed by atoms with Gasteiger partial charge in [0.25, 0.3) is 11.5 Å². The molecule has 170 valence electrons. The third-order valence-corrected chi connectivity index (χ3v) is 6.25. The zero-order valence-corrected chi connectivity index (χ0v) is 18.6. The topological polar surface area (TPSA) is 117 Å². The average molecular weight is 447 g/mol. The van der Waals surface area contributed by atoms with Crippen LogP contribution in [-0.2, 0) is 6.42 Å². The molecule has 1 aromatic carbocycles. The molecule has 1 saturated heterocycles. The number of hydrogen-bond donors (Lipinski definition) is 1. The summed E-state index contributed by atoms with van der Waals surface area (Å²) in [4.78, 5) is 44.9. The van der Waals surface area contributed by atoms with Crippen LogP contribution in [-0.4, -0.2) is 68.0 Å². The number of carbonyl (C=O) groups excluding carboxylic acids is 2. The number of aromatic nitrogens is 5. The fraction of sp³-hybridized carbons (Fsp3) is 0.391. The first-order chi connectivity index (χ1) is 15.8. The Morgan fingerprint density at radius 2 is 1.76 bits per heavy atom. The summed E-state index contributed by atoms with van der Waals surface area (Å²) in [6.07, 6.45) is 1.00. The molecule has 3 aromatic rings. The van der Waals surface area contributed by atoms with Crippen molar-refractivity contribution in [3.8, 4) is 5.69 Å². The highest BCUT2D eigenvalue weighted by Gasteiger charge is 2.34. The predicted octanol–water partition coefficient (Wildman–Crippen LogP) is 1.47. The molecular weight excluding hydrogens is 422 g/mol. The van der Waals surface area contributed by atoms with E-state index in [0.717, 1.165) is 5.69 Å². The molecular formula is C23H25N7O3. The molecule has 2 aromatic heterocycles. The number of anilines is 1. The summed E-state index contributed by atoms with van der Waals surface area (Å²) in [6.45, 7) is 5.87. The van der Waals surface area contributed by atoms with Gasteiger partial charge >= 0.3 is 0 Å².